The largest absolute Gasteiger partial charge is 0.322 e. The Hall–Kier alpha value is -1.73. The van der Waals surface area contributed by atoms with Crippen LogP contribution in [0, 0.1) is 19.7 Å². The zero-order valence-corrected chi connectivity index (χ0v) is 15.3. The minimum atomic E-state index is -0.270. The van der Waals surface area contributed by atoms with Crippen molar-refractivity contribution >= 4 is 27.5 Å². The predicted molar refractivity (Wildman–Crippen MR) is 94.3 cm³/mol. The molecule has 0 spiro atoms. The third-order valence-electron chi connectivity index (χ3n) is 4.43. The molecule has 1 aromatic heterocycles. The van der Waals surface area contributed by atoms with Gasteiger partial charge in [-0.3, -0.25) is 14.8 Å². The molecule has 1 fully saturated rings. The minimum absolute atomic E-state index is 0.0740. The summed E-state index contributed by atoms with van der Waals surface area (Å²) in [5, 5.41) is 9.86. The first kappa shape index (κ1) is 17.1. The highest BCUT2D eigenvalue weighted by molar-refractivity contribution is 9.10. The van der Waals surface area contributed by atoms with Crippen molar-refractivity contribution in [3.05, 3.63) is 45.4 Å². The van der Waals surface area contributed by atoms with Gasteiger partial charge >= 0.3 is 0 Å². The van der Waals surface area contributed by atoms with Gasteiger partial charge in [0.2, 0.25) is 5.91 Å². The van der Waals surface area contributed by atoms with E-state index >= 15 is 0 Å². The highest BCUT2D eigenvalue weighted by Gasteiger charge is 2.28. The lowest BCUT2D eigenvalue weighted by atomic mass is 10.0. The van der Waals surface area contributed by atoms with Crippen LogP contribution in [0.1, 0.15) is 35.8 Å². The first-order valence-electron chi connectivity index (χ1n) is 7.96. The van der Waals surface area contributed by atoms with E-state index < -0.39 is 0 Å². The third kappa shape index (κ3) is 3.52. The number of anilines is 1. The van der Waals surface area contributed by atoms with Crippen LogP contribution in [-0.4, -0.2) is 34.1 Å². The van der Waals surface area contributed by atoms with Gasteiger partial charge in [0.15, 0.2) is 0 Å². The average molecular weight is 395 g/mol. The zero-order valence-electron chi connectivity index (χ0n) is 13.7. The Morgan fingerprint density at radius 3 is 2.96 bits per heavy atom. The maximum absolute atomic E-state index is 13.8. The van der Waals surface area contributed by atoms with Crippen molar-refractivity contribution in [2.45, 2.75) is 32.7 Å². The first-order chi connectivity index (χ1) is 11.5. The van der Waals surface area contributed by atoms with E-state index in [1.807, 2.05) is 19.9 Å². The van der Waals surface area contributed by atoms with Gasteiger partial charge in [0.1, 0.15) is 5.82 Å². The summed E-state index contributed by atoms with van der Waals surface area (Å²) in [6.07, 6.45) is 1.93. The SMILES string of the molecule is Cc1n[nH]c(C)c1NC(=O)CN1CCCC1c1ccc(Br)c(F)c1. The monoisotopic (exact) mass is 394 g/mol. The van der Waals surface area contributed by atoms with E-state index in [1.54, 1.807) is 12.1 Å². The maximum atomic E-state index is 13.8. The van der Waals surface area contributed by atoms with E-state index in [4.69, 9.17) is 0 Å². The standard InChI is InChI=1S/C17H20BrFN4O/c1-10-17(11(2)22-21-10)20-16(24)9-23-7-3-4-15(23)12-5-6-13(18)14(19)8-12/h5-6,8,15H,3-4,7,9H2,1-2H3,(H,20,24)(H,21,22). The van der Waals surface area contributed by atoms with E-state index in [0.717, 1.165) is 42.0 Å². The number of nitrogens with zero attached hydrogens (tertiary/aromatic N) is 2. The number of aromatic amines is 1. The Morgan fingerprint density at radius 1 is 1.50 bits per heavy atom. The molecule has 1 aliphatic rings. The second-order valence-electron chi connectivity index (χ2n) is 6.16. The topological polar surface area (TPSA) is 61.0 Å². The van der Waals surface area contributed by atoms with Gasteiger partial charge in [-0.15, -0.1) is 0 Å². The Labute approximate surface area is 148 Å². The highest BCUT2D eigenvalue weighted by atomic mass is 79.9. The van der Waals surface area contributed by atoms with Crippen molar-refractivity contribution in [2.24, 2.45) is 0 Å². The number of hydrogen-bond donors (Lipinski definition) is 2. The number of halogens is 2. The zero-order chi connectivity index (χ0) is 17.3. The molecular weight excluding hydrogens is 375 g/mol. The van der Waals surface area contributed by atoms with Crippen LogP contribution in [0.15, 0.2) is 22.7 Å². The summed E-state index contributed by atoms with van der Waals surface area (Å²) in [6, 6.07) is 5.26. The molecule has 0 bridgehead atoms. The Morgan fingerprint density at radius 2 is 2.29 bits per heavy atom. The number of aryl methyl sites for hydroxylation is 2. The smallest absolute Gasteiger partial charge is 0.238 e. The van der Waals surface area contributed by atoms with Crippen molar-refractivity contribution in [2.75, 3.05) is 18.4 Å². The van der Waals surface area contributed by atoms with Crippen LogP contribution in [-0.2, 0) is 4.79 Å². The Kier molecular flexibility index (Phi) is 5.01. The molecule has 24 heavy (non-hydrogen) atoms. The van der Waals surface area contributed by atoms with Crippen LogP contribution in [0.2, 0.25) is 0 Å². The number of rotatable bonds is 4. The molecule has 1 saturated heterocycles. The number of nitrogens with one attached hydrogen (secondary N) is 2. The molecule has 2 N–H and O–H groups in total. The molecule has 128 valence electrons. The molecule has 1 atom stereocenters. The predicted octanol–water partition coefficient (Wildman–Crippen LogP) is 3.70. The fourth-order valence-corrected chi connectivity index (χ4v) is 3.46. The molecule has 0 saturated carbocycles. The lowest BCUT2D eigenvalue weighted by Crippen LogP contribution is -2.33. The molecule has 0 aliphatic carbocycles. The van der Waals surface area contributed by atoms with E-state index in [2.05, 4.69) is 36.3 Å². The van der Waals surface area contributed by atoms with E-state index in [1.165, 1.54) is 0 Å². The average Bonchev–Trinajstić information content (AvgIpc) is 3.12. The van der Waals surface area contributed by atoms with Crippen LogP contribution in [0.5, 0.6) is 0 Å². The molecule has 1 aliphatic heterocycles. The van der Waals surface area contributed by atoms with Crippen LogP contribution < -0.4 is 5.32 Å². The normalized spacial score (nSPS) is 18.1. The number of likely N-dealkylation sites (tertiary alicyclic amines) is 1. The van der Waals surface area contributed by atoms with Crippen molar-refractivity contribution < 1.29 is 9.18 Å². The molecule has 1 unspecified atom stereocenters. The van der Waals surface area contributed by atoms with Crippen LogP contribution in [0.3, 0.4) is 0 Å². The van der Waals surface area contributed by atoms with E-state index in [-0.39, 0.29) is 24.3 Å². The number of benzene rings is 1. The fraction of sp³-hybridized carbons (Fsp3) is 0.412. The number of carbonyl (C=O) groups excluding carboxylic acids is 1. The number of aromatic nitrogens is 2. The summed E-state index contributed by atoms with van der Waals surface area (Å²) < 4.78 is 14.3. The van der Waals surface area contributed by atoms with Gasteiger partial charge < -0.3 is 5.32 Å². The summed E-state index contributed by atoms with van der Waals surface area (Å²) in [6.45, 7) is 4.84. The molecule has 3 rings (SSSR count). The molecule has 2 heterocycles. The van der Waals surface area contributed by atoms with Crippen LogP contribution in [0.4, 0.5) is 10.1 Å². The number of carbonyl (C=O) groups is 1. The highest BCUT2D eigenvalue weighted by Crippen LogP contribution is 2.33. The quantitative estimate of drug-likeness (QED) is 0.830. The Balaban J connectivity index is 1.69. The molecule has 2 aromatic rings. The second-order valence-corrected chi connectivity index (χ2v) is 7.01. The summed E-state index contributed by atoms with van der Waals surface area (Å²) in [7, 11) is 0. The Bertz CT molecular complexity index is 742. The number of H-pyrrole nitrogens is 1. The maximum Gasteiger partial charge on any atom is 0.238 e. The number of amides is 1. The summed E-state index contributed by atoms with van der Waals surface area (Å²) in [5.74, 6) is -0.347. The summed E-state index contributed by atoms with van der Waals surface area (Å²) in [5.41, 5.74) is 3.27. The molecular formula is C17H20BrFN4O. The van der Waals surface area contributed by atoms with Gasteiger partial charge in [-0.2, -0.15) is 5.10 Å². The van der Waals surface area contributed by atoms with Gasteiger partial charge in [0, 0.05) is 6.04 Å². The summed E-state index contributed by atoms with van der Waals surface area (Å²) >= 11 is 3.18. The molecule has 1 amide bonds. The van der Waals surface area contributed by atoms with Gasteiger partial charge in [0.05, 0.1) is 28.1 Å². The summed E-state index contributed by atoms with van der Waals surface area (Å²) in [4.78, 5) is 14.5. The molecule has 0 radical (unpaired) electrons. The minimum Gasteiger partial charge on any atom is -0.322 e. The van der Waals surface area contributed by atoms with E-state index in [0.29, 0.717) is 4.47 Å². The van der Waals surface area contributed by atoms with Crippen molar-refractivity contribution in [3.63, 3.8) is 0 Å². The van der Waals surface area contributed by atoms with Gasteiger partial charge in [-0.25, -0.2) is 4.39 Å². The third-order valence-corrected chi connectivity index (χ3v) is 5.07. The van der Waals surface area contributed by atoms with Gasteiger partial charge in [0.25, 0.3) is 0 Å². The fourth-order valence-electron chi connectivity index (χ4n) is 3.21. The van der Waals surface area contributed by atoms with Crippen LogP contribution in [0.25, 0.3) is 0 Å². The van der Waals surface area contributed by atoms with Crippen molar-refractivity contribution in [1.82, 2.24) is 15.1 Å². The van der Waals surface area contributed by atoms with E-state index in [9.17, 15) is 9.18 Å². The van der Waals surface area contributed by atoms with Crippen molar-refractivity contribution in [3.8, 4) is 0 Å². The van der Waals surface area contributed by atoms with Crippen LogP contribution >= 0.6 is 15.9 Å². The van der Waals surface area contributed by atoms with Gasteiger partial charge in [-0.1, -0.05) is 6.07 Å². The number of hydrogen-bond acceptors (Lipinski definition) is 3. The van der Waals surface area contributed by atoms with Crippen molar-refractivity contribution in [1.29, 1.82) is 0 Å². The lowest BCUT2D eigenvalue weighted by molar-refractivity contribution is -0.117. The first-order valence-corrected chi connectivity index (χ1v) is 8.75. The molecule has 1 aromatic carbocycles. The van der Waals surface area contributed by atoms with Gasteiger partial charge in [-0.05, 0) is 66.9 Å². The lowest BCUT2D eigenvalue weighted by Gasteiger charge is -2.24. The molecule has 7 heteroatoms. The molecule has 5 nitrogen and oxygen atoms in total. The second kappa shape index (κ2) is 7.03.